The lowest BCUT2D eigenvalue weighted by atomic mass is 10.1. The van der Waals surface area contributed by atoms with Crippen molar-refractivity contribution in [3.8, 4) is 0 Å². The lowest BCUT2D eigenvalue weighted by molar-refractivity contribution is 1.36. The second kappa shape index (κ2) is 3.41. The number of fused-ring (bicyclic) bond motifs is 1. The van der Waals surface area contributed by atoms with E-state index in [2.05, 4.69) is 11.1 Å². The molecule has 3 heteroatoms. The molecule has 2 aromatic rings. The van der Waals surface area contributed by atoms with Crippen LogP contribution in [0, 0.1) is 13.8 Å². The normalized spacial score (nSPS) is 10.9. The van der Waals surface area contributed by atoms with E-state index in [-0.39, 0.29) is 0 Å². The van der Waals surface area contributed by atoms with Gasteiger partial charge in [0.05, 0.1) is 15.6 Å². The highest BCUT2D eigenvalue weighted by Crippen LogP contribution is 2.31. The Morgan fingerprint density at radius 2 is 1.86 bits per heavy atom. The van der Waals surface area contributed by atoms with Gasteiger partial charge in [0.15, 0.2) is 0 Å². The fraction of sp³-hybridized carbons (Fsp3) is 0.182. The van der Waals surface area contributed by atoms with Gasteiger partial charge in [0.2, 0.25) is 0 Å². The average Bonchev–Trinajstić information content (AvgIpc) is 2.10. The van der Waals surface area contributed by atoms with E-state index in [1.165, 1.54) is 5.56 Å². The Morgan fingerprint density at radius 1 is 1.14 bits per heavy atom. The zero-order chi connectivity index (χ0) is 10.3. The summed E-state index contributed by atoms with van der Waals surface area (Å²) >= 11 is 12.0. The maximum absolute atomic E-state index is 6.11. The number of hydrogen-bond acceptors (Lipinski definition) is 1. The number of benzene rings is 1. The Hall–Kier alpha value is -0.790. The second-order valence-corrected chi connectivity index (χ2v) is 4.18. The molecular weight excluding hydrogens is 217 g/mol. The molecule has 14 heavy (non-hydrogen) atoms. The predicted molar refractivity (Wildman–Crippen MR) is 61.2 cm³/mol. The number of rotatable bonds is 0. The van der Waals surface area contributed by atoms with Gasteiger partial charge in [-0.2, -0.15) is 0 Å². The largest absolute Gasteiger partial charge is 0.255 e. The van der Waals surface area contributed by atoms with Gasteiger partial charge >= 0.3 is 0 Å². The number of halogens is 2. The summed E-state index contributed by atoms with van der Waals surface area (Å²) in [5.74, 6) is 0. The van der Waals surface area contributed by atoms with E-state index >= 15 is 0 Å². The Kier molecular flexibility index (Phi) is 2.38. The monoisotopic (exact) mass is 225 g/mol. The molecule has 0 spiro atoms. The third-order valence-electron chi connectivity index (χ3n) is 2.21. The van der Waals surface area contributed by atoms with Crippen LogP contribution in [0.25, 0.3) is 10.9 Å². The summed E-state index contributed by atoms with van der Waals surface area (Å²) in [6.07, 6.45) is 1.59. The van der Waals surface area contributed by atoms with Gasteiger partial charge in [-0.05, 0) is 31.0 Å². The maximum atomic E-state index is 6.11. The van der Waals surface area contributed by atoms with Crippen LogP contribution in [0.5, 0.6) is 0 Å². The molecule has 0 saturated heterocycles. The van der Waals surface area contributed by atoms with Crippen LogP contribution in [0.3, 0.4) is 0 Å². The molecule has 72 valence electrons. The molecule has 0 N–H and O–H groups in total. The summed E-state index contributed by atoms with van der Waals surface area (Å²) in [7, 11) is 0. The maximum Gasteiger partial charge on any atom is 0.0782 e. The molecule has 1 heterocycles. The Balaban J connectivity index is 2.95. The van der Waals surface area contributed by atoms with E-state index in [0.717, 1.165) is 16.5 Å². The molecule has 1 aromatic carbocycles. The lowest BCUT2D eigenvalue weighted by Gasteiger charge is -2.06. The molecule has 0 fully saturated rings. The summed E-state index contributed by atoms with van der Waals surface area (Å²) in [5.41, 5.74) is 3.19. The summed E-state index contributed by atoms with van der Waals surface area (Å²) in [6.45, 7) is 4.05. The summed E-state index contributed by atoms with van der Waals surface area (Å²) in [4.78, 5) is 4.25. The summed E-state index contributed by atoms with van der Waals surface area (Å²) in [6, 6.07) is 4.08. The highest BCUT2D eigenvalue weighted by atomic mass is 35.5. The van der Waals surface area contributed by atoms with E-state index in [0.29, 0.717) is 10.0 Å². The van der Waals surface area contributed by atoms with Crippen molar-refractivity contribution in [1.29, 1.82) is 0 Å². The molecule has 0 bridgehead atoms. The van der Waals surface area contributed by atoms with Gasteiger partial charge in [0.1, 0.15) is 0 Å². The van der Waals surface area contributed by atoms with Crippen LogP contribution in [0.4, 0.5) is 0 Å². The number of aromatic nitrogens is 1. The SMILES string of the molecule is Cc1cc(C)c2c(Cl)c(Cl)cnc2c1. The summed E-state index contributed by atoms with van der Waals surface area (Å²) < 4.78 is 0. The van der Waals surface area contributed by atoms with Crippen molar-refractivity contribution in [2.75, 3.05) is 0 Å². The van der Waals surface area contributed by atoms with E-state index in [1.54, 1.807) is 6.20 Å². The minimum absolute atomic E-state index is 0.506. The van der Waals surface area contributed by atoms with Crippen LogP contribution in [0.2, 0.25) is 10.0 Å². The molecule has 0 amide bonds. The van der Waals surface area contributed by atoms with Gasteiger partial charge in [0, 0.05) is 11.6 Å². The Morgan fingerprint density at radius 3 is 2.57 bits per heavy atom. The number of pyridine rings is 1. The van der Waals surface area contributed by atoms with Crippen molar-refractivity contribution in [1.82, 2.24) is 4.98 Å². The van der Waals surface area contributed by atoms with Gasteiger partial charge in [-0.25, -0.2) is 0 Å². The van der Waals surface area contributed by atoms with Gasteiger partial charge in [0.25, 0.3) is 0 Å². The zero-order valence-electron chi connectivity index (χ0n) is 7.94. The van der Waals surface area contributed by atoms with Crippen LogP contribution >= 0.6 is 23.2 Å². The molecule has 2 rings (SSSR count). The second-order valence-electron chi connectivity index (χ2n) is 3.40. The van der Waals surface area contributed by atoms with Crippen LogP contribution in [0.15, 0.2) is 18.3 Å². The van der Waals surface area contributed by atoms with Gasteiger partial charge in [-0.1, -0.05) is 29.3 Å². The van der Waals surface area contributed by atoms with Crippen molar-refractivity contribution < 1.29 is 0 Å². The van der Waals surface area contributed by atoms with E-state index in [1.807, 2.05) is 19.9 Å². The minimum atomic E-state index is 0.506. The molecule has 0 unspecified atom stereocenters. The molecule has 0 aliphatic rings. The first-order valence-electron chi connectivity index (χ1n) is 4.30. The molecule has 0 saturated carbocycles. The van der Waals surface area contributed by atoms with E-state index in [4.69, 9.17) is 23.2 Å². The number of hydrogen-bond donors (Lipinski definition) is 0. The van der Waals surface area contributed by atoms with Gasteiger partial charge in [-0.15, -0.1) is 0 Å². The molecule has 0 aliphatic carbocycles. The van der Waals surface area contributed by atoms with Crippen molar-refractivity contribution in [2.45, 2.75) is 13.8 Å². The molecule has 0 aliphatic heterocycles. The fourth-order valence-corrected chi connectivity index (χ4v) is 2.07. The molecule has 0 radical (unpaired) electrons. The standard InChI is InChI=1S/C11H9Cl2N/c1-6-3-7(2)10-9(4-6)14-5-8(12)11(10)13/h3-5H,1-2H3. The third kappa shape index (κ3) is 1.47. The smallest absolute Gasteiger partial charge is 0.0782 e. The molecule has 1 aromatic heterocycles. The predicted octanol–water partition coefficient (Wildman–Crippen LogP) is 4.16. The molecule has 0 atom stereocenters. The van der Waals surface area contributed by atoms with Crippen molar-refractivity contribution in [3.63, 3.8) is 0 Å². The molecular formula is C11H9Cl2N. The van der Waals surface area contributed by atoms with Gasteiger partial charge < -0.3 is 0 Å². The van der Waals surface area contributed by atoms with E-state index in [9.17, 15) is 0 Å². The number of nitrogens with zero attached hydrogens (tertiary/aromatic N) is 1. The highest BCUT2D eigenvalue weighted by molar-refractivity contribution is 6.45. The quantitative estimate of drug-likeness (QED) is 0.657. The zero-order valence-corrected chi connectivity index (χ0v) is 9.45. The van der Waals surface area contributed by atoms with Crippen molar-refractivity contribution >= 4 is 34.1 Å². The number of aryl methyl sites for hydroxylation is 2. The minimum Gasteiger partial charge on any atom is -0.255 e. The summed E-state index contributed by atoms with van der Waals surface area (Å²) in [5, 5.41) is 2.05. The van der Waals surface area contributed by atoms with Crippen LogP contribution in [-0.2, 0) is 0 Å². The van der Waals surface area contributed by atoms with Crippen molar-refractivity contribution in [3.05, 3.63) is 39.5 Å². The highest BCUT2D eigenvalue weighted by Gasteiger charge is 2.07. The van der Waals surface area contributed by atoms with Crippen LogP contribution in [0.1, 0.15) is 11.1 Å². The first kappa shape index (κ1) is 9.75. The fourth-order valence-electron chi connectivity index (χ4n) is 1.63. The van der Waals surface area contributed by atoms with Crippen LogP contribution in [-0.4, -0.2) is 4.98 Å². The Bertz CT molecular complexity index is 506. The van der Waals surface area contributed by atoms with Gasteiger partial charge in [-0.3, -0.25) is 4.98 Å². The first-order chi connectivity index (χ1) is 6.59. The molecule has 1 nitrogen and oxygen atoms in total. The Labute approximate surface area is 92.7 Å². The first-order valence-corrected chi connectivity index (χ1v) is 5.06. The van der Waals surface area contributed by atoms with Crippen molar-refractivity contribution in [2.24, 2.45) is 0 Å². The topological polar surface area (TPSA) is 12.9 Å². The third-order valence-corrected chi connectivity index (χ3v) is 2.98. The van der Waals surface area contributed by atoms with Crippen LogP contribution < -0.4 is 0 Å². The average molecular weight is 226 g/mol. The van der Waals surface area contributed by atoms with E-state index < -0.39 is 0 Å². The lowest BCUT2D eigenvalue weighted by Crippen LogP contribution is -1.86.